The fourth-order valence-electron chi connectivity index (χ4n) is 4.09. The van der Waals surface area contributed by atoms with E-state index in [4.69, 9.17) is 0 Å². The van der Waals surface area contributed by atoms with Crippen LogP contribution in [0.15, 0.2) is 30.3 Å². The molecule has 0 spiro atoms. The van der Waals surface area contributed by atoms with Gasteiger partial charge >= 0.3 is 0 Å². The van der Waals surface area contributed by atoms with Gasteiger partial charge in [0.25, 0.3) is 0 Å². The van der Waals surface area contributed by atoms with Crippen molar-refractivity contribution in [3.05, 3.63) is 35.9 Å². The average Bonchev–Trinajstić information content (AvgIpc) is 3.44. The van der Waals surface area contributed by atoms with Crippen LogP contribution in [-0.2, 0) is 20.8 Å². The van der Waals surface area contributed by atoms with E-state index in [2.05, 4.69) is 10.6 Å². The summed E-state index contributed by atoms with van der Waals surface area (Å²) in [5.74, 6) is -0.559. The van der Waals surface area contributed by atoms with Crippen molar-refractivity contribution in [2.45, 2.75) is 59.0 Å². The van der Waals surface area contributed by atoms with Crippen molar-refractivity contribution in [2.24, 2.45) is 16.7 Å². The zero-order chi connectivity index (χ0) is 21.8. The van der Waals surface area contributed by atoms with Crippen LogP contribution < -0.4 is 10.6 Å². The van der Waals surface area contributed by atoms with E-state index in [-0.39, 0.29) is 17.7 Å². The first-order chi connectivity index (χ1) is 13.6. The minimum atomic E-state index is -0.915. The number of benzene rings is 1. The molecule has 1 aliphatic rings. The Morgan fingerprint density at radius 3 is 2.45 bits per heavy atom. The van der Waals surface area contributed by atoms with E-state index >= 15 is 0 Å². The van der Waals surface area contributed by atoms with Crippen molar-refractivity contribution in [1.82, 2.24) is 15.7 Å². The quantitative estimate of drug-likeness (QED) is 0.334. The smallest absolute Gasteiger partial charge is 0.242 e. The molecule has 1 aromatic rings. The van der Waals surface area contributed by atoms with Gasteiger partial charge in [-0.1, -0.05) is 51.1 Å². The second kappa shape index (κ2) is 8.95. The number of likely N-dealkylation sites (N-methyl/N-ethyl adjacent to an activating group) is 1. The number of hydroxylamine groups is 2. The SMILES string of the molecule is CNC(=O)[C@@H](NC(=O)C1([C@H](C)N(O)C=O)C[C@H]1CCc1ccccc1)C(C)(C)C. The number of hydrogen-bond acceptors (Lipinski definition) is 4. The van der Waals surface area contributed by atoms with Crippen molar-refractivity contribution in [3.8, 4) is 0 Å². The standard InChI is InChI=1S/C22H33N3O4/c1-15(25(29)14-26)22(13-17(22)12-11-16-9-7-6-8-10-16)20(28)24-18(19(27)23-5)21(2,3)4/h6-10,14-15,17-18,29H,11-13H2,1-5H3,(H,23,27)(H,24,28)/t15-,17+,18+,22?/m0/s1. The first-order valence-electron chi connectivity index (χ1n) is 10.1. The number of carbonyl (C=O) groups is 3. The van der Waals surface area contributed by atoms with Gasteiger partial charge in [-0.05, 0) is 43.1 Å². The molecule has 1 fully saturated rings. The van der Waals surface area contributed by atoms with E-state index < -0.39 is 22.9 Å². The summed E-state index contributed by atoms with van der Waals surface area (Å²) < 4.78 is 0. The van der Waals surface area contributed by atoms with Crippen molar-refractivity contribution in [1.29, 1.82) is 0 Å². The van der Waals surface area contributed by atoms with Crippen molar-refractivity contribution < 1.29 is 19.6 Å². The summed E-state index contributed by atoms with van der Waals surface area (Å²) in [4.78, 5) is 36.8. The normalized spacial score (nSPS) is 22.9. The third-order valence-electron chi connectivity index (χ3n) is 6.10. The van der Waals surface area contributed by atoms with Crippen LogP contribution in [0.2, 0.25) is 0 Å². The molecule has 4 atom stereocenters. The molecule has 7 heteroatoms. The molecule has 0 bridgehead atoms. The third-order valence-corrected chi connectivity index (χ3v) is 6.10. The number of rotatable bonds is 9. The Kier molecular flexibility index (Phi) is 7.06. The summed E-state index contributed by atoms with van der Waals surface area (Å²) in [6, 6.07) is 8.58. The van der Waals surface area contributed by atoms with E-state index in [0.717, 1.165) is 12.8 Å². The zero-order valence-electron chi connectivity index (χ0n) is 17.9. The number of hydrogen-bond donors (Lipinski definition) is 3. The van der Waals surface area contributed by atoms with Gasteiger partial charge in [0.2, 0.25) is 18.2 Å². The Balaban J connectivity index is 2.21. The molecule has 160 valence electrons. The number of carbonyl (C=O) groups excluding carboxylic acids is 3. The fraction of sp³-hybridized carbons (Fsp3) is 0.591. The molecular formula is C22H33N3O4. The number of amides is 3. The minimum Gasteiger partial charge on any atom is -0.357 e. The molecule has 0 saturated heterocycles. The summed E-state index contributed by atoms with van der Waals surface area (Å²) >= 11 is 0. The second-order valence-corrected chi connectivity index (χ2v) is 9.01. The van der Waals surface area contributed by atoms with Gasteiger partial charge in [0.15, 0.2) is 0 Å². The maximum Gasteiger partial charge on any atom is 0.242 e. The van der Waals surface area contributed by atoms with Crippen LogP contribution >= 0.6 is 0 Å². The molecule has 0 heterocycles. The molecular weight excluding hydrogens is 370 g/mol. The third kappa shape index (κ3) is 4.96. The zero-order valence-corrected chi connectivity index (χ0v) is 17.9. The fourth-order valence-corrected chi connectivity index (χ4v) is 4.09. The molecule has 0 radical (unpaired) electrons. The topological polar surface area (TPSA) is 98.7 Å². The molecule has 0 aliphatic heterocycles. The van der Waals surface area contributed by atoms with Gasteiger partial charge in [0.05, 0.1) is 11.5 Å². The molecule has 29 heavy (non-hydrogen) atoms. The van der Waals surface area contributed by atoms with Crippen LogP contribution in [-0.4, -0.2) is 47.6 Å². The molecule has 7 nitrogen and oxygen atoms in total. The highest BCUT2D eigenvalue weighted by atomic mass is 16.5. The highest BCUT2D eigenvalue weighted by Crippen LogP contribution is 2.58. The Bertz CT molecular complexity index is 731. The number of nitrogens with zero attached hydrogens (tertiary/aromatic N) is 1. The van der Waals surface area contributed by atoms with E-state index in [1.54, 1.807) is 6.92 Å². The summed E-state index contributed by atoms with van der Waals surface area (Å²) in [7, 11) is 1.53. The van der Waals surface area contributed by atoms with Gasteiger partial charge < -0.3 is 10.6 Å². The van der Waals surface area contributed by atoms with Crippen molar-refractivity contribution in [2.75, 3.05) is 7.05 Å². The highest BCUT2D eigenvalue weighted by molar-refractivity contribution is 5.92. The van der Waals surface area contributed by atoms with Gasteiger partial charge in [0, 0.05) is 7.05 Å². The predicted octanol–water partition coefficient (Wildman–Crippen LogP) is 2.14. The second-order valence-electron chi connectivity index (χ2n) is 9.01. The van der Waals surface area contributed by atoms with Crippen LogP contribution in [0.3, 0.4) is 0 Å². The van der Waals surface area contributed by atoms with E-state index in [0.29, 0.717) is 17.9 Å². The lowest BCUT2D eigenvalue weighted by atomic mass is 9.84. The number of nitrogens with one attached hydrogen (secondary N) is 2. The van der Waals surface area contributed by atoms with Gasteiger partial charge in [0.1, 0.15) is 6.04 Å². The van der Waals surface area contributed by atoms with E-state index in [1.807, 2.05) is 51.1 Å². The molecule has 3 amide bonds. The van der Waals surface area contributed by atoms with Crippen LogP contribution in [0, 0.1) is 16.7 Å². The van der Waals surface area contributed by atoms with Gasteiger partial charge in [-0.3, -0.25) is 19.6 Å². The summed E-state index contributed by atoms with van der Waals surface area (Å²) in [6.45, 7) is 7.31. The lowest BCUT2D eigenvalue weighted by molar-refractivity contribution is -0.169. The predicted molar refractivity (Wildman–Crippen MR) is 110 cm³/mol. The maximum absolute atomic E-state index is 13.3. The van der Waals surface area contributed by atoms with Gasteiger partial charge in [-0.2, -0.15) is 0 Å². The molecule has 1 saturated carbocycles. The van der Waals surface area contributed by atoms with Crippen LogP contribution in [0.25, 0.3) is 0 Å². The van der Waals surface area contributed by atoms with Crippen LogP contribution in [0.1, 0.15) is 46.1 Å². The molecule has 1 aliphatic carbocycles. The molecule has 3 N–H and O–H groups in total. The summed E-state index contributed by atoms with van der Waals surface area (Å²) in [5, 5.41) is 16.1. The monoisotopic (exact) mass is 403 g/mol. The Labute approximate surface area is 172 Å². The Morgan fingerprint density at radius 1 is 1.31 bits per heavy atom. The largest absolute Gasteiger partial charge is 0.357 e. The summed E-state index contributed by atoms with van der Waals surface area (Å²) in [5.41, 5.74) is -0.226. The van der Waals surface area contributed by atoms with Crippen LogP contribution in [0.4, 0.5) is 0 Å². The Hall–Kier alpha value is -2.41. The molecule has 2 rings (SSSR count). The summed E-state index contributed by atoms with van der Waals surface area (Å²) in [6.07, 6.45) is 2.45. The lowest BCUT2D eigenvalue weighted by Crippen LogP contribution is -2.57. The maximum atomic E-state index is 13.3. The van der Waals surface area contributed by atoms with Gasteiger partial charge in [-0.25, -0.2) is 5.06 Å². The first-order valence-corrected chi connectivity index (χ1v) is 10.1. The minimum absolute atomic E-state index is 0.0117. The Morgan fingerprint density at radius 2 is 1.93 bits per heavy atom. The first kappa shape index (κ1) is 22.9. The van der Waals surface area contributed by atoms with Crippen LogP contribution in [0.5, 0.6) is 0 Å². The molecule has 0 aromatic heterocycles. The average molecular weight is 404 g/mol. The highest BCUT2D eigenvalue weighted by Gasteiger charge is 2.64. The molecule has 1 unspecified atom stereocenters. The van der Waals surface area contributed by atoms with E-state index in [1.165, 1.54) is 12.6 Å². The molecule has 1 aromatic carbocycles. The van der Waals surface area contributed by atoms with Crippen molar-refractivity contribution in [3.63, 3.8) is 0 Å². The van der Waals surface area contributed by atoms with Crippen molar-refractivity contribution >= 4 is 18.2 Å². The van der Waals surface area contributed by atoms with E-state index in [9.17, 15) is 19.6 Å². The lowest BCUT2D eigenvalue weighted by Gasteiger charge is -2.34. The number of aryl methyl sites for hydroxylation is 1. The van der Waals surface area contributed by atoms with Gasteiger partial charge in [-0.15, -0.1) is 0 Å².